The first kappa shape index (κ1) is 19.6. The minimum absolute atomic E-state index is 0.0131. The number of amides is 2. The maximum Gasteiger partial charge on any atom is 0.254 e. The summed E-state index contributed by atoms with van der Waals surface area (Å²) in [5.41, 5.74) is 3.24. The molecule has 0 spiro atoms. The van der Waals surface area contributed by atoms with Gasteiger partial charge in [-0.25, -0.2) is 0 Å². The molecule has 1 heterocycles. The van der Waals surface area contributed by atoms with Crippen LogP contribution in [0.15, 0.2) is 48.5 Å². The molecular formula is C23H25N3O2. The van der Waals surface area contributed by atoms with E-state index in [0.29, 0.717) is 37.2 Å². The molecule has 2 aromatic carbocycles. The molecule has 0 N–H and O–H groups in total. The van der Waals surface area contributed by atoms with Crippen LogP contribution < -0.4 is 0 Å². The number of rotatable bonds is 7. The molecule has 1 aliphatic rings. The zero-order valence-corrected chi connectivity index (χ0v) is 16.2. The van der Waals surface area contributed by atoms with E-state index in [2.05, 4.69) is 13.0 Å². The van der Waals surface area contributed by atoms with Crippen molar-refractivity contribution < 1.29 is 9.59 Å². The summed E-state index contributed by atoms with van der Waals surface area (Å²) in [5.74, 6) is 0.172. The monoisotopic (exact) mass is 375 g/mol. The average Bonchev–Trinajstić information content (AvgIpc) is 3.12. The van der Waals surface area contributed by atoms with Gasteiger partial charge in [0.15, 0.2) is 0 Å². The highest BCUT2D eigenvalue weighted by Gasteiger charge is 2.21. The highest BCUT2D eigenvalue weighted by atomic mass is 16.2. The molecule has 2 aromatic rings. The fourth-order valence-corrected chi connectivity index (χ4v) is 3.50. The summed E-state index contributed by atoms with van der Waals surface area (Å²) in [5, 5.41) is 8.94. The Kier molecular flexibility index (Phi) is 6.44. The van der Waals surface area contributed by atoms with Crippen LogP contribution in [0.5, 0.6) is 0 Å². The highest BCUT2D eigenvalue weighted by Crippen LogP contribution is 2.17. The average molecular weight is 375 g/mol. The van der Waals surface area contributed by atoms with E-state index in [1.54, 1.807) is 12.1 Å². The van der Waals surface area contributed by atoms with E-state index in [0.717, 1.165) is 30.5 Å². The molecule has 0 bridgehead atoms. The molecule has 0 atom stereocenters. The molecule has 0 aliphatic carbocycles. The van der Waals surface area contributed by atoms with Crippen LogP contribution in [0, 0.1) is 11.3 Å². The molecule has 3 rings (SSSR count). The Morgan fingerprint density at radius 1 is 1.18 bits per heavy atom. The van der Waals surface area contributed by atoms with Crippen molar-refractivity contribution in [2.24, 2.45) is 0 Å². The molecule has 0 saturated carbocycles. The quantitative estimate of drug-likeness (QED) is 0.741. The van der Waals surface area contributed by atoms with Gasteiger partial charge in [-0.1, -0.05) is 31.2 Å². The van der Waals surface area contributed by atoms with Crippen molar-refractivity contribution in [2.75, 3.05) is 13.1 Å². The van der Waals surface area contributed by atoms with E-state index in [1.807, 2.05) is 46.2 Å². The van der Waals surface area contributed by atoms with Crippen LogP contribution in [0.3, 0.4) is 0 Å². The lowest BCUT2D eigenvalue weighted by Gasteiger charge is -2.23. The van der Waals surface area contributed by atoms with Crippen LogP contribution in [0.4, 0.5) is 0 Å². The second kappa shape index (κ2) is 9.18. The first-order chi connectivity index (χ1) is 13.6. The molecule has 5 heteroatoms. The van der Waals surface area contributed by atoms with Gasteiger partial charge in [-0.2, -0.15) is 5.26 Å². The molecule has 144 valence electrons. The van der Waals surface area contributed by atoms with Crippen LogP contribution in [0.2, 0.25) is 0 Å². The zero-order valence-electron chi connectivity index (χ0n) is 16.2. The van der Waals surface area contributed by atoms with Gasteiger partial charge in [-0.15, -0.1) is 0 Å². The second-order valence-corrected chi connectivity index (χ2v) is 7.15. The predicted molar refractivity (Wildman–Crippen MR) is 107 cm³/mol. The van der Waals surface area contributed by atoms with E-state index >= 15 is 0 Å². The summed E-state index contributed by atoms with van der Waals surface area (Å²) >= 11 is 0. The van der Waals surface area contributed by atoms with Crippen LogP contribution in [0.1, 0.15) is 53.2 Å². The van der Waals surface area contributed by atoms with Gasteiger partial charge in [-0.3, -0.25) is 9.59 Å². The Morgan fingerprint density at radius 2 is 1.96 bits per heavy atom. The van der Waals surface area contributed by atoms with Crippen molar-refractivity contribution in [3.05, 3.63) is 70.8 Å². The molecule has 1 aliphatic heterocycles. The van der Waals surface area contributed by atoms with Crippen LogP contribution in [-0.4, -0.2) is 34.7 Å². The SMILES string of the molecule is CCCN(Cc1ccc(C#N)cc1)C(=O)c1cccc(CN2CCCC2=O)c1. The number of carbonyl (C=O) groups is 2. The van der Waals surface area contributed by atoms with E-state index in [9.17, 15) is 9.59 Å². The van der Waals surface area contributed by atoms with Gasteiger partial charge in [0, 0.05) is 38.2 Å². The Hall–Kier alpha value is -3.13. The van der Waals surface area contributed by atoms with Crippen molar-refractivity contribution in [3.63, 3.8) is 0 Å². The number of carbonyl (C=O) groups excluding carboxylic acids is 2. The molecule has 0 unspecified atom stereocenters. The lowest BCUT2D eigenvalue weighted by Crippen LogP contribution is -2.31. The van der Waals surface area contributed by atoms with Crippen molar-refractivity contribution >= 4 is 11.8 Å². The number of benzene rings is 2. The van der Waals surface area contributed by atoms with Crippen molar-refractivity contribution in [2.45, 2.75) is 39.3 Å². The Bertz CT molecular complexity index is 883. The molecule has 28 heavy (non-hydrogen) atoms. The maximum absolute atomic E-state index is 13.1. The first-order valence-electron chi connectivity index (χ1n) is 9.75. The number of hydrogen-bond donors (Lipinski definition) is 0. The molecule has 2 amide bonds. The third-order valence-corrected chi connectivity index (χ3v) is 4.96. The Balaban J connectivity index is 1.74. The number of nitriles is 1. The molecule has 1 saturated heterocycles. The largest absolute Gasteiger partial charge is 0.338 e. The van der Waals surface area contributed by atoms with Crippen LogP contribution in [0.25, 0.3) is 0 Å². The van der Waals surface area contributed by atoms with Crippen molar-refractivity contribution in [1.82, 2.24) is 9.80 Å². The molecular weight excluding hydrogens is 350 g/mol. The normalized spacial score (nSPS) is 13.4. The smallest absolute Gasteiger partial charge is 0.254 e. The summed E-state index contributed by atoms with van der Waals surface area (Å²) in [4.78, 5) is 28.7. The molecule has 0 radical (unpaired) electrons. The van der Waals surface area contributed by atoms with Gasteiger partial charge in [0.05, 0.1) is 11.6 Å². The van der Waals surface area contributed by atoms with Gasteiger partial charge in [0.2, 0.25) is 5.91 Å². The molecule has 5 nitrogen and oxygen atoms in total. The van der Waals surface area contributed by atoms with E-state index in [1.165, 1.54) is 0 Å². The lowest BCUT2D eigenvalue weighted by molar-refractivity contribution is -0.128. The topological polar surface area (TPSA) is 64.4 Å². The van der Waals surface area contributed by atoms with Crippen LogP contribution >= 0.6 is 0 Å². The number of likely N-dealkylation sites (tertiary alicyclic amines) is 1. The third-order valence-electron chi connectivity index (χ3n) is 4.96. The van der Waals surface area contributed by atoms with E-state index < -0.39 is 0 Å². The zero-order chi connectivity index (χ0) is 19.9. The molecule has 1 fully saturated rings. The van der Waals surface area contributed by atoms with Crippen molar-refractivity contribution in [1.29, 1.82) is 5.26 Å². The van der Waals surface area contributed by atoms with Crippen molar-refractivity contribution in [3.8, 4) is 6.07 Å². The van der Waals surface area contributed by atoms with Gasteiger partial charge in [0.25, 0.3) is 5.91 Å². The van der Waals surface area contributed by atoms with Gasteiger partial charge < -0.3 is 9.80 Å². The second-order valence-electron chi connectivity index (χ2n) is 7.15. The van der Waals surface area contributed by atoms with Crippen LogP contribution in [-0.2, 0) is 17.9 Å². The first-order valence-corrected chi connectivity index (χ1v) is 9.75. The van der Waals surface area contributed by atoms with Gasteiger partial charge in [-0.05, 0) is 48.2 Å². The summed E-state index contributed by atoms with van der Waals surface area (Å²) < 4.78 is 0. The summed E-state index contributed by atoms with van der Waals surface area (Å²) in [7, 11) is 0. The Labute approximate surface area is 166 Å². The van der Waals surface area contributed by atoms with E-state index in [-0.39, 0.29) is 11.8 Å². The summed E-state index contributed by atoms with van der Waals surface area (Å²) in [6.45, 7) is 4.57. The fourth-order valence-electron chi connectivity index (χ4n) is 3.50. The Morgan fingerprint density at radius 3 is 2.61 bits per heavy atom. The highest BCUT2D eigenvalue weighted by molar-refractivity contribution is 5.94. The minimum atomic E-state index is -0.0131. The minimum Gasteiger partial charge on any atom is -0.338 e. The summed E-state index contributed by atoms with van der Waals surface area (Å²) in [6.07, 6.45) is 2.39. The maximum atomic E-state index is 13.1. The predicted octanol–water partition coefficient (Wildman–Crippen LogP) is 3.73. The number of nitrogens with zero attached hydrogens (tertiary/aromatic N) is 3. The van der Waals surface area contributed by atoms with Gasteiger partial charge >= 0.3 is 0 Å². The van der Waals surface area contributed by atoms with E-state index in [4.69, 9.17) is 5.26 Å². The van der Waals surface area contributed by atoms with Gasteiger partial charge in [0.1, 0.15) is 0 Å². The third kappa shape index (κ3) is 4.77. The summed E-state index contributed by atoms with van der Waals surface area (Å²) in [6, 6.07) is 17.0. The fraction of sp³-hybridized carbons (Fsp3) is 0.348. The lowest BCUT2D eigenvalue weighted by atomic mass is 10.1. The standard InChI is InChI=1S/C23H25N3O2/c1-2-12-26(16-19-10-8-18(15-24)9-11-19)23(28)21-6-3-5-20(14-21)17-25-13-4-7-22(25)27/h3,5-6,8-11,14H,2,4,7,12-13,16-17H2,1H3. The molecule has 0 aromatic heterocycles. The number of hydrogen-bond acceptors (Lipinski definition) is 3.